The smallest absolute Gasteiger partial charge is 0.253 e. The normalized spacial score (nSPS) is 10.7. The minimum atomic E-state index is -0.195. The molecule has 25 heavy (non-hydrogen) atoms. The van der Waals surface area contributed by atoms with Gasteiger partial charge in [0.05, 0.1) is 22.8 Å². The molecule has 0 spiro atoms. The topological polar surface area (TPSA) is 97.1 Å². The molecule has 8 heteroatoms. The fraction of sp³-hybridized carbons (Fsp3) is 0.412. The third kappa shape index (κ3) is 6.22. The summed E-state index contributed by atoms with van der Waals surface area (Å²) in [6.45, 7) is 6.35. The van der Waals surface area contributed by atoms with Crippen molar-refractivity contribution in [3.05, 3.63) is 41.5 Å². The maximum atomic E-state index is 12.3. The van der Waals surface area contributed by atoms with Gasteiger partial charge in [-0.1, -0.05) is 31.1 Å². The molecule has 1 heterocycles. The van der Waals surface area contributed by atoms with Gasteiger partial charge in [0.1, 0.15) is 0 Å². The maximum Gasteiger partial charge on any atom is 0.253 e. The van der Waals surface area contributed by atoms with E-state index in [0.717, 1.165) is 0 Å². The molecular formula is C17H22N4O3S. The Hall–Kier alpha value is -2.35. The summed E-state index contributed by atoms with van der Waals surface area (Å²) in [5.41, 5.74) is 0.958. The van der Waals surface area contributed by atoms with Gasteiger partial charge in [0, 0.05) is 13.5 Å². The molecule has 2 N–H and O–H groups in total. The Labute approximate surface area is 151 Å². The van der Waals surface area contributed by atoms with Crippen LogP contribution in [0.5, 0.6) is 0 Å². The fourth-order valence-corrected chi connectivity index (χ4v) is 2.66. The molecule has 0 aliphatic rings. The number of anilines is 1. The Morgan fingerprint density at radius 1 is 1.28 bits per heavy atom. The quantitative estimate of drug-likeness (QED) is 0.749. The summed E-state index contributed by atoms with van der Waals surface area (Å²) >= 11 is 1.38. The number of aryl methyl sites for hydroxylation is 1. The average molecular weight is 362 g/mol. The number of nitrogens with one attached hydrogen (secondary N) is 2. The number of hydrogen-bond donors (Lipinski definition) is 2. The number of amides is 2. The SMILES string of the molecule is Cc1nc(CSCC(=O)Nc2ccccc2C(=O)NCC(C)C)no1. The predicted octanol–water partition coefficient (Wildman–Crippen LogP) is 2.64. The molecule has 0 saturated carbocycles. The zero-order valence-corrected chi connectivity index (χ0v) is 15.4. The lowest BCUT2D eigenvalue weighted by atomic mass is 10.1. The van der Waals surface area contributed by atoms with E-state index in [1.165, 1.54) is 11.8 Å². The molecule has 2 aromatic rings. The van der Waals surface area contributed by atoms with E-state index in [0.29, 0.717) is 41.2 Å². The van der Waals surface area contributed by atoms with Gasteiger partial charge in [-0.05, 0) is 18.1 Å². The van der Waals surface area contributed by atoms with Crippen LogP contribution in [0.1, 0.15) is 35.9 Å². The van der Waals surface area contributed by atoms with Crippen molar-refractivity contribution in [2.45, 2.75) is 26.5 Å². The number of thioether (sulfide) groups is 1. The van der Waals surface area contributed by atoms with E-state index in [9.17, 15) is 9.59 Å². The summed E-state index contributed by atoms with van der Waals surface area (Å²) < 4.78 is 4.88. The lowest BCUT2D eigenvalue weighted by Crippen LogP contribution is -2.28. The highest BCUT2D eigenvalue weighted by Crippen LogP contribution is 2.16. The monoisotopic (exact) mass is 362 g/mol. The molecule has 2 rings (SSSR count). The number of nitrogens with zero attached hydrogens (tertiary/aromatic N) is 2. The Morgan fingerprint density at radius 2 is 2.04 bits per heavy atom. The van der Waals surface area contributed by atoms with E-state index in [1.807, 2.05) is 13.8 Å². The molecule has 0 aliphatic carbocycles. The third-order valence-corrected chi connectivity index (χ3v) is 4.08. The minimum Gasteiger partial charge on any atom is -0.352 e. The van der Waals surface area contributed by atoms with Gasteiger partial charge < -0.3 is 15.2 Å². The molecule has 7 nitrogen and oxygen atoms in total. The van der Waals surface area contributed by atoms with Crippen molar-refractivity contribution in [1.82, 2.24) is 15.5 Å². The molecule has 0 bridgehead atoms. The van der Waals surface area contributed by atoms with Crippen LogP contribution in [-0.2, 0) is 10.5 Å². The van der Waals surface area contributed by atoms with Gasteiger partial charge in [-0.3, -0.25) is 9.59 Å². The van der Waals surface area contributed by atoms with Gasteiger partial charge >= 0.3 is 0 Å². The van der Waals surface area contributed by atoms with Crippen LogP contribution in [0.25, 0.3) is 0 Å². The molecule has 0 fully saturated rings. The zero-order valence-electron chi connectivity index (χ0n) is 14.5. The van der Waals surface area contributed by atoms with Crippen molar-refractivity contribution in [2.75, 3.05) is 17.6 Å². The zero-order chi connectivity index (χ0) is 18.2. The van der Waals surface area contributed by atoms with Crippen LogP contribution in [-0.4, -0.2) is 34.3 Å². The Bertz CT molecular complexity index is 730. The maximum absolute atomic E-state index is 12.3. The van der Waals surface area contributed by atoms with Crippen LogP contribution in [0.3, 0.4) is 0 Å². The van der Waals surface area contributed by atoms with Crippen LogP contribution >= 0.6 is 11.8 Å². The first-order valence-corrected chi connectivity index (χ1v) is 9.15. The molecule has 0 aliphatic heterocycles. The summed E-state index contributed by atoms with van der Waals surface area (Å²) in [4.78, 5) is 28.5. The molecule has 0 saturated heterocycles. The average Bonchev–Trinajstić information content (AvgIpc) is 2.98. The second-order valence-electron chi connectivity index (χ2n) is 5.92. The highest BCUT2D eigenvalue weighted by atomic mass is 32.2. The summed E-state index contributed by atoms with van der Waals surface area (Å²) in [6, 6.07) is 6.97. The predicted molar refractivity (Wildman–Crippen MR) is 97.4 cm³/mol. The summed E-state index contributed by atoms with van der Waals surface area (Å²) in [5, 5.41) is 9.42. The van der Waals surface area contributed by atoms with E-state index < -0.39 is 0 Å². The summed E-state index contributed by atoms with van der Waals surface area (Å²) in [6.07, 6.45) is 0. The fourth-order valence-electron chi connectivity index (χ4n) is 2.00. The van der Waals surface area contributed by atoms with Gasteiger partial charge in [-0.15, -0.1) is 11.8 Å². The summed E-state index contributed by atoms with van der Waals surface area (Å²) in [5.74, 6) is 1.76. The standard InChI is InChI=1S/C17H22N4O3S/c1-11(2)8-18-17(23)13-6-4-5-7-14(13)20-16(22)10-25-9-15-19-12(3)24-21-15/h4-7,11H,8-10H2,1-3H3,(H,18,23)(H,20,22). The Balaban J connectivity index is 1.88. The number of para-hydroxylation sites is 1. The van der Waals surface area contributed by atoms with Crippen LogP contribution in [0, 0.1) is 12.8 Å². The number of rotatable bonds is 8. The molecule has 2 amide bonds. The lowest BCUT2D eigenvalue weighted by molar-refractivity contribution is -0.113. The first kappa shape index (κ1) is 19.0. The molecule has 1 aromatic heterocycles. The van der Waals surface area contributed by atoms with E-state index in [2.05, 4.69) is 20.8 Å². The van der Waals surface area contributed by atoms with Crippen LogP contribution < -0.4 is 10.6 Å². The van der Waals surface area contributed by atoms with Gasteiger partial charge in [0.2, 0.25) is 11.8 Å². The van der Waals surface area contributed by atoms with Crippen molar-refractivity contribution in [3.63, 3.8) is 0 Å². The highest BCUT2D eigenvalue weighted by molar-refractivity contribution is 7.99. The van der Waals surface area contributed by atoms with Crippen molar-refractivity contribution in [3.8, 4) is 0 Å². The van der Waals surface area contributed by atoms with Gasteiger partial charge in [-0.25, -0.2) is 0 Å². The number of carbonyl (C=O) groups excluding carboxylic acids is 2. The third-order valence-electron chi connectivity index (χ3n) is 3.15. The van der Waals surface area contributed by atoms with E-state index >= 15 is 0 Å². The van der Waals surface area contributed by atoms with Crippen molar-refractivity contribution < 1.29 is 14.1 Å². The molecule has 0 unspecified atom stereocenters. The number of carbonyl (C=O) groups is 2. The molecular weight excluding hydrogens is 340 g/mol. The van der Waals surface area contributed by atoms with Gasteiger partial charge in [0.25, 0.3) is 5.91 Å². The Morgan fingerprint density at radius 3 is 2.72 bits per heavy atom. The molecule has 0 radical (unpaired) electrons. The van der Waals surface area contributed by atoms with Crippen molar-refractivity contribution in [1.29, 1.82) is 0 Å². The largest absolute Gasteiger partial charge is 0.352 e. The van der Waals surface area contributed by atoms with E-state index in [4.69, 9.17) is 4.52 Å². The van der Waals surface area contributed by atoms with Crippen LogP contribution in [0.4, 0.5) is 5.69 Å². The first-order valence-electron chi connectivity index (χ1n) is 7.99. The van der Waals surface area contributed by atoms with E-state index in [1.54, 1.807) is 31.2 Å². The first-order chi connectivity index (χ1) is 12.0. The molecule has 134 valence electrons. The second-order valence-corrected chi connectivity index (χ2v) is 6.91. The van der Waals surface area contributed by atoms with E-state index in [-0.39, 0.29) is 17.6 Å². The number of benzene rings is 1. The van der Waals surface area contributed by atoms with Crippen LogP contribution in [0.2, 0.25) is 0 Å². The number of aromatic nitrogens is 2. The van der Waals surface area contributed by atoms with Crippen LogP contribution in [0.15, 0.2) is 28.8 Å². The lowest BCUT2D eigenvalue weighted by Gasteiger charge is -2.12. The van der Waals surface area contributed by atoms with Gasteiger partial charge in [0.15, 0.2) is 5.82 Å². The van der Waals surface area contributed by atoms with Gasteiger partial charge in [-0.2, -0.15) is 4.98 Å². The van der Waals surface area contributed by atoms with Crippen molar-refractivity contribution >= 4 is 29.3 Å². The Kier molecular flexibility index (Phi) is 7.00. The van der Waals surface area contributed by atoms with Crippen molar-refractivity contribution in [2.24, 2.45) is 5.92 Å². The molecule has 0 atom stereocenters. The second kappa shape index (κ2) is 9.22. The highest BCUT2D eigenvalue weighted by Gasteiger charge is 2.13. The minimum absolute atomic E-state index is 0.186. The number of hydrogen-bond acceptors (Lipinski definition) is 6. The summed E-state index contributed by atoms with van der Waals surface area (Å²) in [7, 11) is 0. The molecule has 1 aromatic carbocycles.